The number of rotatable bonds is 8. The van der Waals surface area contributed by atoms with Crippen molar-refractivity contribution in [2.75, 3.05) is 37.1 Å². The minimum atomic E-state index is -0.608. The van der Waals surface area contributed by atoms with Crippen molar-refractivity contribution in [1.82, 2.24) is 9.78 Å². The Labute approximate surface area is 227 Å². The molecule has 1 aromatic heterocycles. The molecule has 1 amide bonds. The number of benzene rings is 3. The molecule has 3 aromatic carbocycles. The van der Waals surface area contributed by atoms with Gasteiger partial charge in [-0.15, -0.1) is 5.10 Å². The lowest BCUT2D eigenvalue weighted by Gasteiger charge is -2.37. The van der Waals surface area contributed by atoms with Crippen LogP contribution in [0.4, 0.5) is 11.5 Å². The average Bonchev–Trinajstić information content (AvgIpc) is 3.48. The van der Waals surface area contributed by atoms with Gasteiger partial charge in [0, 0.05) is 25.2 Å². The second-order valence-electron chi connectivity index (χ2n) is 10.3. The molecule has 0 saturated heterocycles. The van der Waals surface area contributed by atoms with Gasteiger partial charge in [-0.3, -0.25) is 4.79 Å². The highest BCUT2D eigenvalue weighted by Crippen LogP contribution is 2.57. The Kier molecular flexibility index (Phi) is 6.27. The molecule has 8 nitrogen and oxygen atoms in total. The molecule has 0 unspecified atom stereocenters. The monoisotopic (exact) mass is 524 g/mol. The molecular formula is C31H32N4O4. The number of anilines is 2. The van der Waals surface area contributed by atoms with E-state index in [1.54, 1.807) is 18.1 Å². The van der Waals surface area contributed by atoms with E-state index in [1.807, 2.05) is 77.3 Å². The van der Waals surface area contributed by atoms with Crippen molar-refractivity contribution in [3.8, 4) is 28.4 Å². The molecule has 0 bridgehead atoms. The molecule has 1 aliphatic carbocycles. The van der Waals surface area contributed by atoms with E-state index in [0.717, 1.165) is 53.1 Å². The summed E-state index contributed by atoms with van der Waals surface area (Å²) in [7, 11) is 3.51. The first-order chi connectivity index (χ1) is 18.9. The van der Waals surface area contributed by atoms with E-state index < -0.39 is 5.41 Å². The number of aromatic nitrogens is 2. The maximum atomic E-state index is 13.9. The fourth-order valence-electron chi connectivity index (χ4n) is 5.76. The first-order valence-electron chi connectivity index (χ1n) is 13.3. The smallest absolute Gasteiger partial charge is 0.238 e. The molecule has 2 aliphatic rings. The number of likely N-dealkylation sites (N-methyl/N-ethyl adjacent to an activating group) is 1. The van der Waals surface area contributed by atoms with Crippen LogP contribution in [0.25, 0.3) is 16.9 Å². The zero-order chi connectivity index (χ0) is 27.1. The Morgan fingerprint density at radius 1 is 1.05 bits per heavy atom. The average molecular weight is 525 g/mol. The van der Waals surface area contributed by atoms with Gasteiger partial charge in [-0.1, -0.05) is 36.8 Å². The van der Waals surface area contributed by atoms with Crippen molar-refractivity contribution in [2.24, 2.45) is 0 Å². The maximum Gasteiger partial charge on any atom is 0.238 e. The zero-order valence-electron chi connectivity index (χ0n) is 22.2. The summed E-state index contributed by atoms with van der Waals surface area (Å²) >= 11 is 0. The van der Waals surface area contributed by atoms with Gasteiger partial charge in [0.2, 0.25) is 5.91 Å². The lowest BCUT2D eigenvalue weighted by molar-refractivity contribution is -0.126. The minimum absolute atomic E-state index is 0.0122. The highest BCUT2D eigenvalue weighted by atomic mass is 16.5. The molecular weight excluding hydrogens is 492 g/mol. The molecule has 6 rings (SSSR count). The van der Waals surface area contributed by atoms with Gasteiger partial charge in [-0.2, -0.15) is 0 Å². The molecule has 1 fully saturated rings. The van der Waals surface area contributed by atoms with Crippen LogP contribution in [-0.4, -0.2) is 53.2 Å². The third-order valence-corrected chi connectivity index (χ3v) is 8.06. The summed E-state index contributed by atoms with van der Waals surface area (Å²) in [5, 5.41) is 25.8. The van der Waals surface area contributed by atoms with Gasteiger partial charge >= 0.3 is 0 Å². The molecule has 1 saturated carbocycles. The first kappa shape index (κ1) is 25.0. The number of carbonyl (C=O) groups excluding carboxylic acids is 1. The van der Waals surface area contributed by atoms with Crippen LogP contribution in [0.2, 0.25) is 0 Å². The molecule has 200 valence electrons. The Morgan fingerprint density at radius 2 is 1.79 bits per heavy atom. The number of aliphatic hydroxyl groups is 1. The van der Waals surface area contributed by atoms with E-state index in [4.69, 9.17) is 9.84 Å². The highest BCUT2D eigenvalue weighted by molar-refractivity contribution is 6.10. The number of phenols is 1. The lowest BCUT2D eigenvalue weighted by Crippen LogP contribution is -2.44. The van der Waals surface area contributed by atoms with Gasteiger partial charge in [0.25, 0.3) is 0 Å². The Bertz CT molecular complexity index is 1510. The van der Waals surface area contributed by atoms with Crippen molar-refractivity contribution < 1.29 is 19.7 Å². The van der Waals surface area contributed by atoms with Crippen molar-refractivity contribution >= 4 is 17.4 Å². The predicted octanol–water partition coefficient (Wildman–Crippen LogP) is 4.65. The molecule has 1 aliphatic heterocycles. The van der Waals surface area contributed by atoms with Crippen LogP contribution in [0.3, 0.4) is 0 Å². The van der Waals surface area contributed by atoms with Crippen molar-refractivity contribution in [3.05, 3.63) is 83.9 Å². The summed E-state index contributed by atoms with van der Waals surface area (Å²) in [6.07, 6.45) is 2.51. The van der Waals surface area contributed by atoms with E-state index in [0.29, 0.717) is 24.6 Å². The Morgan fingerprint density at radius 3 is 2.44 bits per heavy atom. The largest absolute Gasteiger partial charge is 0.506 e. The normalized spacial score (nSPS) is 15.4. The van der Waals surface area contributed by atoms with E-state index in [1.165, 1.54) is 0 Å². The summed E-state index contributed by atoms with van der Waals surface area (Å²) in [6.45, 7) is 0.833. The third-order valence-electron chi connectivity index (χ3n) is 8.06. The molecule has 4 aromatic rings. The van der Waals surface area contributed by atoms with Crippen molar-refractivity contribution in [2.45, 2.75) is 31.2 Å². The SMILES string of the molecule is COc1ccc(CN2C(=O)C3(CCC3)c3cc(-c4cc(N(C)CCO)nn4-c4ccccc4)cc(O)c32)cc1. The second-order valence-corrected chi connectivity index (χ2v) is 10.3. The number of phenolic OH excluding ortho intramolecular Hbond substituents is 1. The molecule has 39 heavy (non-hydrogen) atoms. The van der Waals surface area contributed by atoms with E-state index in [-0.39, 0.29) is 18.3 Å². The number of aliphatic hydroxyl groups excluding tert-OH is 1. The van der Waals surface area contributed by atoms with Crippen LogP contribution in [0, 0.1) is 0 Å². The lowest BCUT2D eigenvalue weighted by atomic mass is 9.65. The standard InChI is InChI=1S/C31H32N4O4/c1-33(15-16-36)28-19-26(35(32-28)23-7-4-3-5-8-23)22-17-25-29(27(37)18-22)34(30(38)31(25)13-6-14-31)20-21-9-11-24(39-2)12-10-21/h3-5,7-12,17-19,36-37H,6,13-16,20H2,1-2H3. The number of hydrogen-bond donors (Lipinski definition) is 2. The topological polar surface area (TPSA) is 91.1 Å². The van der Waals surface area contributed by atoms with E-state index in [9.17, 15) is 15.0 Å². The second kappa shape index (κ2) is 9.78. The van der Waals surface area contributed by atoms with Gasteiger partial charge in [-0.05, 0) is 60.4 Å². The summed E-state index contributed by atoms with van der Waals surface area (Å²) in [5.74, 6) is 1.60. The number of fused-ring (bicyclic) bond motifs is 2. The Hall–Kier alpha value is -4.30. The van der Waals surface area contributed by atoms with Crippen LogP contribution in [0.5, 0.6) is 11.5 Å². The van der Waals surface area contributed by atoms with E-state index >= 15 is 0 Å². The summed E-state index contributed by atoms with van der Waals surface area (Å²) in [4.78, 5) is 17.5. The minimum Gasteiger partial charge on any atom is -0.506 e. The first-order valence-corrected chi connectivity index (χ1v) is 13.3. The van der Waals surface area contributed by atoms with Crippen LogP contribution in [-0.2, 0) is 16.8 Å². The van der Waals surface area contributed by atoms with Gasteiger partial charge in [0.05, 0.1) is 42.7 Å². The molecule has 2 heterocycles. The highest BCUT2D eigenvalue weighted by Gasteiger charge is 2.55. The quantitative estimate of drug-likeness (QED) is 0.349. The number of hydrogen-bond acceptors (Lipinski definition) is 6. The fourth-order valence-corrected chi connectivity index (χ4v) is 5.76. The predicted molar refractivity (Wildman–Crippen MR) is 151 cm³/mol. The van der Waals surface area contributed by atoms with Gasteiger partial charge in [-0.25, -0.2) is 4.68 Å². The van der Waals surface area contributed by atoms with Crippen molar-refractivity contribution in [3.63, 3.8) is 0 Å². The molecule has 0 radical (unpaired) electrons. The van der Waals surface area contributed by atoms with Crippen LogP contribution in [0.15, 0.2) is 72.8 Å². The van der Waals surface area contributed by atoms with E-state index in [2.05, 4.69) is 6.07 Å². The Balaban J connectivity index is 1.46. The molecule has 2 N–H and O–H groups in total. The number of ether oxygens (including phenoxy) is 1. The molecule has 0 atom stereocenters. The number of methoxy groups -OCH3 is 1. The number of aromatic hydroxyl groups is 1. The van der Waals surface area contributed by atoms with Crippen LogP contribution >= 0.6 is 0 Å². The third kappa shape index (κ3) is 4.12. The number of amides is 1. The van der Waals surface area contributed by atoms with Crippen LogP contribution in [0.1, 0.15) is 30.4 Å². The number of nitrogens with zero attached hydrogens (tertiary/aromatic N) is 4. The number of carbonyl (C=O) groups is 1. The zero-order valence-corrected chi connectivity index (χ0v) is 22.2. The number of para-hydroxylation sites is 1. The van der Waals surface area contributed by atoms with Gasteiger partial charge < -0.3 is 24.7 Å². The van der Waals surface area contributed by atoms with Gasteiger partial charge in [0.1, 0.15) is 11.5 Å². The van der Waals surface area contributed by atoms with Crippen molar-refractivity contribution in [1.29, 1.82) is 0 Å². The van der Waals surface area contributed by atoms with Gasteiger partial charge in [0.15, 0.2) is 5.82 Å². The maximum absolute atomic E-state index is 13.9. The molecule has 8 heteroatoms. The molecule has 1 spiro atoms. The summed E-state index contributed by atoms with van der Waals surface area (Å²) in [5.41, 5.74) is 4.31. The fraction of sp³-hybridized carbons (Fsp3) is 0.290. The summed E-state index contributed by atoms with van der Waals surface area (Å²) < 4.78 is 7.13. The summed E-state index contributed by atoms with van der Waals surface area (Å²) in [6, 6.07) is 23.2. The van der Waals surface area contributed by atoms with Crippen LogP contribution < -0.4 is 14.5 Å².